The van der Waals surface area contributed by atoms with Crippen molar-refractivity contribution in [2.75, 3.05) is 5.73 Å². The predicted octanol–water partition coefficient (Wildman–Crippen LogP) is 1.63. The molecule has 0 bridgehead atoms. The molecule has 1 rings (SSSR count). The predicted molar refractivity (Wildman–Crippen MR) is 38.4 cm³/mol. The maximum atomic E-state index is 7.05. The number of pyridine rings is 1. The van der Waals surface area contributed by atoms with E-state index >= 15 is 0 Å². The van der Waals surface area contributed by atoms with E-state index in [-0.39, 0.29) is 16.4 Å². The van der Waals surface area contributed by atoms with Gasteiger partial charge in [-0.25, -0.2) is 4.98 Å². The van der Waals surface area contributed by atoms with E-state index in [9.17, 15) is 0 Å². The molecule has 1 aromatic heterocycles. The standard InChI is InChI=1S/C6H7ClN2/c1-4-3-9-6(7)2-5(4)8/h2-3H,1H3,(H2,8,9)/i1D3. The Labute approximate surface area is 62.9 Å². The van der Waals surface area contributed by atoms with Crippen LogP contribution >= 0.6 is 11.6 Å². The van der Waals surface area contributed by atoms with Crippen molar-refractivity contribution in [3.63, 3.8) is 0 Å². The van der Waals surface area contributed by atoms with Gasteiger partial charge in [-0.2, -0.15) is 0 Å². The van der Waals surface area contributed by atoms with Crippen LogP contribution in [0.1, 0.15) is 9.68 Å². The third kappa shape index (κ3) is 1.33. The first kappa shape index (κ1) is 3.42. The third-order valence-corrected chi connectivity index (χ3v) is 1.11. The second-order valence-corrected chi connectivity index (χ2v) is 1.98. The van der Waals surface area contributed by atoms with Crippen LogP contribution in [-0.4, -0.2) is 4.98 Å². The fourth-order valence-electron chi connectivity index (χ4n) is 0.444. The van der Waals surface area contributed by atoms with Crippen molar-refractivity contribution in [2.45, 2.75) is 6.85 Å². The van der Waals surface area contributed by atoms with E-state index in [2.05, 4.69) is 4.98 Å². The molecule has 0 aliphatic heterocycles. The second-order valence-electron chi connectivity index (χ2n) is 1.59. The highest BCUT2D eigenvalue weighted by Gasteiger charge is 1.92. The summed E-state index contributed by atoms with van der Waals surface area (Å²) in [6, 6.07) is 1.32. The monoisotopic (exact) mass is 145 g/mol. The number of aryl methyl sites for hydroxylation is 1. The van der Waals surface area contributed by atoms with Gasteiger partial charge in [-0.3, -0.25) is 0 Å². The molecule has 9 heavy (non-hydrogen) atoms. The quantitative estimate of drug-likeness (QED) is 0.564. The average Bonchev–Trinajstić information content (AvgIpc) is 1.83. The highest BCUT2D eigenvalue weighted by atomic mass is 35.5. The molecule has 48 valence electrons. The molecule has 0 spiro atoms. The summed E-state index contributed by atoms with van der Waals surface area (Å²) in [5.74, 6) is 0. The Kier molecular flexibility index (Phi) is 0.848. The first-order chi connectivity index (χ1) is 5.41. The summed E-state index contributed by atoms with van der Waals surface area (Å²) in [7, 11) is 0. The molecular weight excluding hydrogens is 136 g/mol. The van der Waals surface area contributed by atoms with E-state index < -0.39 is 6.85 Å². The maximum absolute atomic E-state index is 7.05. The van der Waals surface area contributed by atoms with Gasteiger partial charge in [0.25, 0.3) is 0 Å². The smallest absolute Gasteiger partial charge is 0.131 e. The number of nitrogen functional groups attached to an aromatic ring is 1. The summed E-state index contributed by atoms with van der Waals surface area (Å²) in [6.45, 7) is -2.22. The van der Waals surface area contributed by atoms with Gasteiger partial charge >= 0.3 is 0 Å². The zero-order valence-corrected chi connectivity index (χ0v) is 5.31. The maximum Gasteiger partial charge on any atom is 0.131 e. The van der Waals surface area contributed by atoms with Crippen molar-refractivity contribution in [2.24, 2.45) is 0 Å². The lowest BCUT2D eigenvalue weighted by atomic mass is 10.3. The molecule has 0 unspecified atom stereocenters. The van der Waals surface area contributed by atoms with E-state index in [4.69, 9.17) is 21.4 Å². The minimum atomic E-state index is -2.22. The molecular formula is C6H7ClN2. The van der Waals surface area contributed by atoms with Crippen LogP contribution in [0.5, 0.6) is 0 Å². The van der Waals surface area contributed by atoms with Crippen molar-refractivity contribution in [3.8, 4) is 0 Å². The zero-order valence-electron chi connectivity index (χ0n) is 7.56. The molecule has 0 saturated heterocycles. The Morgan fingerprint density at radius 3 is 3.22 bits per heavy atom. The van der Waals surface area contributed by atoms with Gasteiger partial charge in [0, 0.05) is 16.0 Å². The molecule has 1 heterocycles. The van der Waals surface area contributed by atoms with Gasteiger partial charge < -0.3 is 5.73 Å². The number of aromatic nitrogens is 1. The molecule has 0 atom stereocenters. The van der Waals surface area contributed by atoms with E-state index in [0.29, 0.717) is 0 Å². The van der Waals surface area contributed by atoms with Crippen LogP contribution < -0.4 is 5.73 Å². The lowest BCUT2D eigenvalue weighted by Gasteiger charge is -1.96. The van der Waals surface area contributed by atoms with E-state index in [1.807, 2.05) is 0 Å². The minimum Gasteiger partial charge on any atom is -0.398 e. The molecule has 0 aliphatic carbocycles. The van der Waals surface area contributed by atoms with Gasteiger partial charge in [0.05, 0.1) is 0 Å². The van der Waals surface area contributed by atoms with Gasteiger partial charge in [-0.1, -0.05) is 11.6 Å². The Morgan fingerprint density at radius 1 is 1.89 bits per heavy atom. The number of halogens is 1. The van der Waals surface area contributed by atoms with Gasteiger partial charge in [0.15, 0.2) is 0 Å². The largest absolute Gasteiger partial charge is 0.398 e. The van der Waals surface area contributed by atoms with Gasteiger partial charge in [0.2, 0.25) is 0 Å². The molecule has 1 aromatic rings. The summed E-state index contributed by atoms with van der Waals surface area (Å²) in [5, 5.41) is 0.195. The van der Waals surface area contributed by atoms with Crippen molar-refractivity contribution in [3.05, 3.63) is 23.0 Å². The number of nitrogens with two attached hydrogens (primary N) is 1. The summed E-state index contributed by atoms with van der Waals surface area (Å²) >= 11 is 5.49. The lowest BCUT2D eigenvalue weighted by molar-refractivity contribution is 1.27. The first-order valence-corrected chi connectivity index (χ1v) is 2.70. The Hall–Kier alpha value is -0.760. The van der Waals surface area contributed by atoms with Crippen LogP contribution in [0.3, 0.4) is 0 Å². The first-order valence-electron chi connectivity index (χ1n) is 3.83. The SMILES string of the molecule is [2H]C([2H])([2H])c1cnc(Cl)cc1N. The van der Waals surface area contributed by atoms with Gasteiger partial charge in [-0.15, -0.1) is 0 Å². The molecule has 0 fully saturated rings. The molecule has 0 aromatic carbocycles. The number of nitrogens with zero attached hydrogens (tertiary/aromatic N) is 1. The van der Waals surface area contributed by atoms with Crippen LogP contribution in [0.4, 0.5) is 5.69 Å². The number of hydrogen-bond donors (Lipinski definition) is 1. The second kappa shape index (κ2) is 2.23. The lowest BCUT2D eigenvalue weighted by Crippen LogP contribution is -1.89. The van der Waals surface area contributed by atoms with Gasteiger partial charge in [0.1, 0.15) is 5.15 Å². The van der Waals surface area contributed by atoms with E-state index in [1.54, 1.807) is 0 Å². The molecule has 0 amide bonds. The van der Waals surface area contributed by atoms with Gasteiger partial charge in [-0.05, 0) is 18.5 Å². The Balaban J connectivity index is 3.19. The van der Waals surface area contributed by atoms with Crippen LogP contribution in [0.25, 0.3) is 0 Å². The van der Waals surface area contributed by atoms with Crippen LogP contribution in [0.2, 0.25) is 5.15 Å². The van der Waals surface area contributed by atoms with Crippen LogP contribution in [0, 0.1) is 6.85 Å². The van der Waals surface area contributed by atoms with Crippen molar-refractivity contribution in [1.82, 2.24) is 4.98 Å². The highest BCUT2D eigenvalue weighted by Crippen LogP contribution is 2.12. The molecule has 3 heteroatoms. The summed E-state index contributed by atoms with van der Waals surface area (Å²) in [4.78, 5) is 3.63. The fourth-order valence-corrected chi connectivity index (χ4v) is 0.610. The fraction of sp³-hybridized carbons (Fsp3) is 0.167. The molecule has 2 nitrogen and oxygen atoms in total. The number of hydrogen-bond acceptors (Lipinski definition) is 2. The van der Waals surface area contributed by atoms with Crippen molar-refractivity contribution in [1.29, 1.82) is 0 Å². The van der Waals surface area contributed by atoms with Crippen molar-refractivity contribution >= 4 is 17.3 Å². The minimum absolute atomic E-state index is 0.0342. The molecule has 2 N–H and O–H groups in total. The van der Waals surface area contributed by atoms with E-state index in [0.717, 1.165) is 0 Å². The number of anilines is 1. The molecule has 0 saturated carbocycles. The van der Waals surface area contributed by atoms with Crippen molar-refractivity contribution < 1.29 is 4.11 Å². The summed E-state index contributed by atoms with van der Waals surface area (Å²) in [5.41, 5.74) is 5.61. The molecule has 0 radical (unpaired) electrons. The van der Waals surface area contributed by atoms with Crippen LogP contribution in [-0.2, 0) is 0 Å². The Morgan fingerprint density at radius 2 is 2.67 bits per heavy atom. The van der Waals surface area contributed by atoms with Crippen LogP contribution in [0.15, 0.2) is 12.3 Å². The summed E-state index contributed by atoms with van der Waals surface area (Å²) < 4.78 is 21.2. The highest BCUT2D eigenvalue weighted by molar-refractivity contribution is 6.29. The molecule has 0 aliphatic rings. The summed E-state index contributed by atoms with van der Waals surface area (Å²) in [6.07, 6.45) is 1.17. The number of rotatable bonds is 0. The van der Waals surface area contributed by atoms with E-state index in [1.165, 1.54) is 12.3 Å². The average molecular weight is 146 g/mol. The topological polar surface area (TPSA) is 38.9 Å². The normalized spacial score (nSPS) is 15.9. The Bertz CT molecular complexity index is 297. The third-order valence-electron chi connectivity index (χ3n) is 0.903. The zero-order chi connectivity index (χ0) is 9.35.